The molecule has 12 rings (SSSR count). The fourth-order valence-electron chi connectivity index (χ4n) is 8.67. The zero-order valence-corrected chi connectivity index (χ0v) is 32.7. The van der Waals surface area contributed by atoms with E-state index in [0.717, 1.165) is 78.1 Å². The summed E-state index contributed by atoms with van der Waals surface area (Å²) in [5.41, 5.74) is 10.0. The molecule has 0 saturated heterocycles. The van der Waals surface area contributed by atoms with Gasteiger partial charge in [-0.05, 0) is 60.7 Å². The Hall–Kier alpha value is -8.49. The highest BCUT2D eigenvalue weighted by Crippen LogP contribution is 2.38. The third-order valence-electron chi connectivity index (χ3n) is 11.4. The minimum atomic E-state index is 0.546. The first-order chi connectivity index (χ1) is 30.3. The normalized spacial score (nSPS) is 11.6. The molecule has 8 nitrogen and oxygen atoms in total. The van der Waals surface area contributed by atoms with E-state index in [9.17, 15) is 0 Å². The number of aromatic nitrogens is 8. The Bertz CT molecular complexity index is 3510. The molecule has 0 aliphatic heterocycles. The first kappa shape index (κ1) is 34.5. The number of hydrogen-bond donors (Lipinski definition) is 0. The maximum Gasteiger partial charge on any atom is 0.238 e. The lowest BCUT2D eigenvalue weighted by atomic mass is 10.1. The largest absolute Gasteiger partial charge is 0.309 e. The summed E-state index contributed by atoms with van der Waals surface area (Å²) in [7, 11) is 0. The van der Waals surface area contributed by atoms with E-state index in [4.69, 9.17) is 25.1 Å². The first-order valence-electron chi connectivity index (χ1n) is 20.3. The topological polar surface area (TPSA) is 79.2 Å². The Balaban J connectivity index is 1.05. The molecule has 0 spiro atoms. The third-order valence-corrected chi connectivity index (χ3v) is 11.4. The number of fused-ring (bicyclic) bond motifs is 6. The SMILES string of the molecule is c1ccc(-c2nc(-c3ccccc3)nc(-n3c4ccccc4c4cc(-c5nnc(-c6ccc7c8ccccc8n(-c8ccccc8)c7c6)n5-c5ccccc5)ccc43)n2)cc1. The van der Waals surface area contributed by atoms with Gasteiger partial charge in [-0.2, -0.15) is 9.97 Å². The van der Waals surface area contributed by atoms with Crippen molar-refractivity contribution in [2.45, 2.75) is 0 Å². The molecule has 0 fully saturated rings. The molecule has 4 heterocycles. The van der Waals surface area contributed by atoms with Crippen LogP contribution in [0, 0.1) is 0 Å². The van der Waals surface area contributed by atoms with Crippen LogP contribution in [0.3, 0.4) is 0 Å². The maximum absolute atomic E-state index is 5.12. The van der Waals surface area contributed by atoms with Crippen LogP contribution in [0.2, 0.25) is 0 Å². The molecule has 0 saturated carbocycles. The van der Waals surface area contributed by atoms with Crippen molar-refractivity contribution in [2.24, 2.45) is 0 Å². The van der Waals surface area contributed by atoms with Crippen LogP contribution in [0.4, 0.5) is 0 Å². The standard InChI is InChI=1S/C53H34N8/c1-5-17-35(18-6-1)49-54-50(36-19-7-2-8-20-36)56-53(55-49)61-46-28-16-14-26-42(46)44-33-37(30-32-47(44)61)51-57-58-52(60(51)40-23-11-4-12-24-40)38-29-31-43-41-25-13-15-27-45(41)59(48(43)34-38)39-21-9-3-10-22-39/h1-34H. The lowest BCUT2D eigenvalue weighted by Gasteiger charge is -2.12. The molecule has 0 atom stereocenters. The van der Waals surface area contributed by atoms with E-state index in [0.29, 0.717) is 17.6 Å². The fourth-order valence-corrected chi connectivity index (χ4v) is 8.67. The van der Waals surface area contributed by atoms with Crippen molar-refractivity contribution in [2.75, 3.05) is 0 Å². The van der Waals surface area contributed by atoms with E-state index < -0.39 is 0 Å². The number of benzene rings is 8. The summed E-state index contributed by atoms with van der Waals surface area (Å²) >= 11 is 0. The summed E-state index contributed by atoms with van der Waals surface area (Å²) in [5.74, 6) is 3.25. The smallest absolute Gasteiger partial charge is 0.238 e. The van der Waals surface area contributed by atoms with Crippen LogP contribution in [-0.4, -0.2) is 38.9 Å². The third kappa shape index (κ3) is 5.72. The Morgan fingerprint density at radius 3 is 1.33 bits per heavy atom. The van der Waals surface area contributed by atoms with E-state index in [1.807, 2.05) is 66.7 Å². The highest BCUT2D eigenvalue weighted by Gasteiger charge is 2.23. The lowest BCUT2D eigenvalue weighted by molar-refractivity contribution is 0.953. The van der Waals surface area contributed by atoms with Crippen molar-refractivity contribution in [1.29, 1.82) is 0 Å². The predicted molar refractivity (Wildman–Crippen MR) is 245 cm³/mol. The molecule has 8 heteroatoms. The van der Waals surface area contributed by atoms with Gasteiger partial charge in [-0.25, -0.2) is 4.98 Å². The van der Waals surface area contributed by atoms with Crippen molar-refractivity contribution in [3.63, 3.8) is 0 Å². The number of rotatable bonds is 7. The van der Waals surface area contributed by atoms with Gasteiger partial charge in [0.15, 0.2) is 23.3 Å². The molecule has 0 N–H and O–H groups in total. The zero-order chi connectivity index (χ0) is 40.3. The fraction of sp³-hybridized carbons (Fsp3) is 0. The van der Waals surface area contributed by atoms with Crippen LogP contribution in [0.5, 0.6) is 0 Å². The summed E-state index contributed by atoms with van der Waals surface area (Å²) in [5, 5.41) is 14.4. The highest BCUT2D eigenvalue weighted by molar-refractivity contribution is 6.11. The van der Waals surface area contributed by atoms with Crippen LogP contribution >= 0.6 is 0 Å². The van der Waals surface area contributed by atoms with E-state index in [1.54, 1.807) is 0 Å². The second-order valence-electron chi connectivity index (χ2n) is 15.0. The van der Waals surface area contributed by atoms with Crippen LogP contribution in [0.25, 0.3) is 106 Å². The Kier molecular flexibility index (Phi) is 7.99. The summed E-state index contributed by atoms with van der Waals surface area (Å²) in [6, 6.07) is 71.1. The molecule has 61 heavy (non-hydrogen) atoms. The van der Waals surface area contributed by atoms with Crippen LogP contribution in [0.1, 0.15) is 0 Å². The summed E-state index contributed by atoms with van der Waals surface area (Å²) in [6.45, 7) is 0. The minimum absolute atomic E-state index is 0.546. The highest BCUT2D eigenvalue weighted by atomic mass is 15.3. The molecule has 12 aromatic rings. The second kappa shape index (κ2) is 14.1. The molecule has 0 aliphatic rings. The molecule has 0 amide bonds. The van der Waals surface area contributed by atoms with Crippen LogP contribution < -0.4 is 0 Å². The van der Waals surface area contributed by atoms with Gasteiger partial charge in [-0.15, -0.1) is 10.2 Å². The Morgan fingerprint density at radius 1 is 0.279 bits per heavy atom. The minimum Gasteiger partial charge on any atom is -0.309 e. The van der Waals surface area contributed by atoms with Gasteiger partial charge in [0.25, 0.3) is 0 Å². The van der Waals surface area contributed by atoms with Crippen molar-refractivity contribution < 1.29 is 0 Å². The number of para-hydroxylation sites is 4. The van der Waals surface area contributed by atoms with Gasteiger partial charge in [0.1, 0.15) is 0 Å². The molecule has 0 bridgehead atoms. The Labute approximate surface area is 350 Å². The predicted octanol–water partition coefficient (Wildman–Crippen LogP) is 12.3. The van der Waals surface area contributed by atoms with Gasteiger partial charge in [0.05, 0.1) is 22.1 Å². The zero-order valence-electron chi connectivity index (χ0n) is 32.7. The summed E-state index contributed by atoms with van der Waals surface area (Å²) in [4.78, 5) is 15.2. The molecule has 8 aromatic carbocycles. The molecular weight excluding hydrogens is 749 g/mol. The average Bonchev–Trinajstić information content (AvgIpc) is 4.03. The van der Waals surface area contributed by atoms with E-state index >= 15 is 0 Å². The summed E-state index contributed by atoms with van der Waals surface area (Å²) < 4.78 is 6.64. The van der Waals surface area contributed by atoms with Crippen LogP contribution in [-0.2, 0) is 0 Å². The Morgan fingerprint density at radius 2 is 0.721 bits per heavy atom. The van der Waals surface area contributed by atoms with Gasteiger partial charge in [0.2, 0.25) is 5.95 Å². The van der Waals surface area contributed by atoms with E-state index in [1.165, 1.54) is 10.8 Å². The average molecular weight is 783 g/mol. The lowest BCUT2D eigenvalue weighted by Crippen LogP contribution is -2.06. The van der Waals surface area contributed by atoms with Gasteiger partial charge < -0.3 is 4.57 Å². The maximum atomic E-state index is 5.12. The molecular formula is C53H34N8. The number of nitrogens with zero attached hydrogens (tertiary/aromatic N) is 8. The van der Waals surface area contributed by atoms with Gasteiger partial charge in [0, 0.05) is 55.2 Å². The second-order valence-corrected chi connectivity index (χ2v) is 15.0. The number of hydrogen-bond acceptors (Lipinski definition) is 5. The molecule has 0 radical (unpaired) electrons. The van der Waals surface area contributed by atoms with E-state index in [2.05, 4.69) is 153 Å². The van der Waals surface area contributed by atoms with Gasteiger partial charge in [-0.3, -0.25) is 9.13 Å². The quantitative estimate of drug-likeness (QED) is 0.161. The van der Waals surface area contributed by atoms with Crippen molar-refractivity contribution in [3.8, 4) is 62.9 Å². The first-order valence-corrected chi connectivity index (χ1v) is 20.3. The van der Waals surface area contributed by atoms with Crippen molar-refractivity contribution in [1.82, 2.24) is 38.9 Å². The van der Waals surface area contributed by atoms with Gasteiger partial charge >= 0.3 is 0 Å². The summed E-state index contributed by atoms with van der Waals surface area (Å²) in [6.07, 6.45) is 0. The van der Waals surface area contributed by atoms with Gasteiger partial charge in [-0.1, -0.05) is 146 Å². The van der Waals surface area contributed by atoms with E-state index in [-0.39, 0.29) is 0 Å². The molecule has 0 unspecified atom stereocenters. The molecule has 4 aromatic heterocycles. The molecule has 0 aliphatic carbocycles. The van der Waals surface area contributed by atoms with Crippen molar-refractivity contribution >= 4 is 43.6 Å². The van der Waals surface area contributed by atoms with Crippen molar-refractivity contribution in [3.05, 3.63) is 206 Å². The monoisotopic (exact) mass is 782 g/mol. The van der Waals surface area contributed by atoms with Crippen LogP contribution in [0.15, 0.2) is 206 Å². The molecule has 286 valence electrons.